The van der Waals surface area contributed by atoms with E-state index < -0.39 is 0 Å². The van der Waals surface area contributed by atoms with Gasteiger partial charge in [0.2, 0.25) is 0 Å². The van der Waals surface area contributed by atoms with Gasteiger partial charge in [-0.3, -0.25) is 4.79 Å². The Kier molecular flexibility index (Phi) is 5.22. The van der Waals surface area contributed by atoms with E-state index >= 15 is 0 Å². The van der Waals surface area contributed by atoms with Crippen molar-refractivity contribution >= 4 is 5.91 Å². The number of aliphatic hydroxyl groups excluding tert-OH is 1. The van der Waals surface area contributed by atoms with Crippen molar-refractivity contribution < 1.29 is 23.8 Å². The third-order valence-corrected chi connectivity index (χ3v) is 2.71. The van der Waals surface area contributed by atoms with Gasteiger partial charge >= 0.3 is 0 Å². The maximum absolute atomic E-state index is 11.6. The summed E-state index contributed by atoms with van der Waals surface area (Å²) in [5, 5.41) is 11.2. The summed E-state index contributed by atoms with van der Waals surface area (Å²) >= 11 is 0. The van der Waals surface area contributed by atoms with E-state index in [1.54, 1.807) is 31.4 Å². The van der Waals surface area contributed by atoms with Crippen LogP contribution in [0.15, 0.2) is 40.8 Å². The molecule has 0 aliphatic heterocycles. The normalized spacial score (nSPS) is 10.2. The summed E-state index contributed by atoms with van der Waals surface area (Å²) in [7, 11) is 1.59. The van der Waals surface area contributed by atoms with Crippen LogP contribution >= 0.6 is 0 Å². The van der Waals surface area contributed by atoms with Gasteiger partial charge < -0.3 is 24.3 Å². The van der Waals surface area contributed by atoms with Crippen LogP contribution in [-0.2, 0) is 6.61 Å². The Labute approximate surface area is 122 Å². The average Bonchev–Trinajstić information content (AvgIpc) is 3.00. The van der Waals surface area contributed by atoms with Crippen molar-refractivity contribution in [2.45, 2.75) is 6.61 Å². The molecule has 0 aliphatic rings. The standard InChI is InChI=1S/C15H17NO5/c1-19-11-3-2-4-12(9-11)20-10-13-5-6-14(21-13)15(18)16-7-8-17/h2-6,9,17H,7-8,10H2,1H3,(H,16,18). The Morgan fingerprint density at radius 3 is 2.86 bits per heavy atom. The lowest BCUT2D eigenvalue weighted by Gasteiger charge is -2.06. The lowest BCUT2D eigenvalue weighted by Crippen LogP contribution is -2.25. The van der Waals surface area contributed by atoms with Crippen LogP contribution in [0.25, 0.3) is 0 Å². The smallest absolute Gasteiger partial charge is 0.287 e. The second-order valence-corrected chi connectivity index (χ2v) is 4.21. The maximum Gasteiger partial charge on any atom is 0.287 e. The lowest BCUT2D eigenvalue weighted by molar-refractivity contribution is 0.0913. The van der Waals surface area contributed by atoms with Gasteiger partial charge in [-0.25, -0.2) is 0 Å². The number of hydrogen-bond donors (Lipinski definition) is 2. The molecule has 0 saturated carbocycles. The van der Waals surface area contributed by atoms with Crippen LogP contribution in [0.1, 0.15) is 16.3 Å². The predicted molar refractivity (Wildman–Crippen MR) is 75.5 cm³/mol. The second kappa shape index (κ2) is 7.35. The van der Waals surface area contributed by atoms with Crippen LogP contribution in [0.2, 0.25) is 0 Å². The first kappa shape index (κ1) is 14.9. The van der Waals surface area contributed by atoms with Crippen molar-refractivity contribution in [3.05, 3.63) is 47.9 Å². The number of hydrogen-bond acceptors (Lipinski definition) is 5. The summed E-state index contributed by atoms with van der Waals surface area (Å²) in [6.07, 6.45) is 0. The van der Waals surface area contributed by atoms with Crippen molar-refractivity contribution in [1.82, 2.24) is 5.32 Å². The molecule has 1 heterocycles. The topological polar surface area (TPSA) is 80.9 Å². The number of methoxy groups -OCH3 is 1. The van der Waals surface area contributed by atoms with E-state index in [1.807, 2.05) is 12.1 Å². The van der Waals surface area contributed by atoms with Crippen LogP contribution in [0.5, 0.6) is 11.5 Å². The van der Waals surface area contributed by atoms with E-state index in [2.05, 4.69) is 5.32 Å². The molecule has 2 rings (SSSR count). The molecular formula is C15H17NO5. The van der Waals surface area contributed by atoms with Gasteiger partial charge in [-0.1, -0.05) is 6.07 Å². The minimum atomic E-state index is -0.364. The Morgan fingerprint density at radius 1 is 1.29 bits per heavy atom. The number of rotatable bonds is 7. The molecule has 112 valence electrons. The van der Waals surface area contributed by atoms with Gasteiger partial charge in [0.15, 0.2) is 5.76 Å². The van der Waals surface area contributed by atoms with Crippen molar-refractivity contribution in [2.24, 2.45) is 0 Å². The minimum absolute atomic E-state index is 0.113. The van der Waals surface area contributed by atoms with Crippen LogP contribution in [0.4, 0.5) is 0 Å². The molecule has 21 heavy (non-hydrogen) atoms. The van der Waals surface area contributed by atoms with Crippen LogP contribution in [0, 0.1) is 0 Å². The molecule has 0 aliphatic carbocycles. The molecule has 6 heteroatoms. The number of aliphatic hydroxyl groups is 1. The Bertz CT molecular complexity index is 593. The zero-order valence-corrected chi connectivity index (χ0v) is 11.7. The number of ether oxygens (including phenoxy) is 2. The number of amides is 1. The summed E-state index contributed by atoms with van der Waals surface area (Å²) < 4.78 is 16.0. The largest absolute Gasteiger partial charge is 0.497 e. The molecule has 0 bridgehead atoms. The Morgan fingerprint density at radius 2 is 2.10 bits per heavy atom. The third-order valence-electron chi connectivity index (χ3n) is 2.71. The molecule has 1 aromatic heterocycles. The Hall–Kier alpha value is -2.47. The zero-order valence-electron chi connectivity index (χ0n) is 11.7. The van der Waals surface area contributed by atoms with Gasteiger partial charge in [-0.05, 0) is 24.3 Å². The van der Waals surface area contributed by atoms with Gasteiger partial charge in [0, 0.05) is 12.6 Å². The highest BCUT2D eigenvalue weighted by molar-refractivity contribution is 5.91. The Balaban J connectivity index is 1.91. The number of carbonyl (C=O) groups is 1. The van der Waals surface area contributed by atoms with E-state index in [1.165, 1.54) is 0 Å². The molecule has 0 radical (unpaired) electrons. The minimum Gasteiger partial charge on any atom is -0.497 e. The van der Waals surface area contributed by atoms with Crippen LogP contribution in [-0.4, -0.2) is 31.3 Å². The zero-order chi connectivity index (χ0) is 15.1. The van der Waals surface area contributed by atoms with E-state index in [0.717, 1.165) is 0 Å². The third kappa shape index (κ3) is 4.25. The summed E-state index contributed by atoms with van der Waals surface area (Å²) in [6.45, 7) is 0.286. The van der Waals surface area contributed by atoms with Crippen LogP contribution in [0.3, 0.4) is 0 Å². The molecule has 0 spiro atoms. The molecule has 6 nitrogen and oxygen atoms in total. The van der Waals surface area contributed by atoms with Crippen molar-refractivity contribution in [1.29, 1.82) is 0 Å². The molecule has 0 fully saturated rings. The molecule has 1 aromatic carbocycles. The molecule has 0 saturated heterocycles. The van der Waals surface area contributed by atoms with E-state index in [-0.39, 0.29) is 31.4 Å². The fraction of sp³-hybridized carbons (Fsp3) is 0.267. The fourth-order valence-corrected chi connectivity index (χ4v) is 1.68. The predicted octanol–water partition coefficient (Wildman–Crippen LogP) is 1.59. The fourth-order valence-electron chi connectivity index (χ4n) is 1.68. The monoisotopic (exact) mass is 291 g/mol. The first-order chi connectivity index (χ1) is 10.2. The van der Waals surface area contributed by atoms with Gasteiger partial charge in [0.05, 0.1) is 13.7 Å². The highest BCUT2D eigenvalue weighted by Gasteiger charge is 2.10. The maximum atomic E-state index is 11.6. The quantitative estimate of drug-likeness (QED) is 0.809. The summed E-state index contributed by atoms with van der Waals surface area (Å²) in [6, 6.07) is 10.5. The number of benzene rings is 1. The van der Waals surface area contributed by atoms with Crippen molar-refractivity contribution in [2.75, 3.05) is 20.3 Å². The van der Waals surface area contributed by atoms with E-state index in [9.17, 15) is 4.79 Å². The molecule has 2 N–H and O–H groups in total. The van der Waals surface area contributed by atoms with Gasteiger partial charge in [0.25, 0.3) is 5.91 Å². The van der Waals surface area contributed by atoms with E-state index in [0.29, 0.717) is 17.3 Å². The van der Waals surface area contributed by atoms with Crippen molar-refractivity contribution in [3.63, 3.8) is 0 Å². The number of nitrogens with one attached hydrogen (secondary N) is 1. The van der Waals surface area contributed by atoms with E-state index in [4.69, 9.17) is 19.0 Å². The number of furan rings is 1. The first-order valence-corrected chi connectivity index (χ1v) is 6.47. The van der Waals surface area contributed by atoms with Gasteiger partial charge in [-0.15, -0.1) is 0 Å². The highest BCUT2D eigenvalue weighted by Crippen LogP contribution is 2.20. The van der Waals surface area contributed by atoms with Gasteiger partial charge in [-0.2, -0.15) is 0 Å². The van der Waals surface area contributed by atoms with Crippen LogP contribution < -0.4 is 14.8 Å². The summed E-state index contributed by atoms with van der Waals surface area (Å²) in [4.78, 5) is 11.6. The summed E-state index contributed by atoms with van der Waals surface area (Å²) in [5.41, 5.74) is 0. The summed E-state index contributed by atoms with van der Waals surface area (Å²) in [5.74, 6) is 1.71. The first-order valence-electron chi connectivity index (χ1n) is 6.47. The highest BCUT2D eigenvalue weighted by atomic mass is 16.5. The molecule has 2 aromatic rings. The SMILES string of the molecule is COc1cccc(OCc2ccc(C(=O)NCCO)o2)c1. The number of carbonyl (C=O) groups excluding carboxylic acids is 1. The molecule has 0 unspecified atom stereocenters. The van der Waals surface area contributed by atoms with Gasteiger partial charge in [0.1, 0.15) is 23.9 Å². The molecule has 1 amide bonds. The molecule has 0 atom stereocenters. The molecular weight excluding hydrogens is 274 g/mol. The lowest BCUT2D eigenvalue weighted by atomic mass is 10.3. The second-order valence-electron chi connectivity index (χ2n) is 4.21. The average molecular weight is 291 g/mol. The van der Waals surface area contributed by atoms with Crippen molar-refractivity contribution in [3.8, 4) is 11.5 Å².